The Morgan fingerprint density at radius 3 is 2.55 bits per heavy atom. The predicted molar refractivity (Wildman–Crippen MR) is 78.4 cm³/mol. The summed E-state index contributed by atoms with van der Waals surface area (Å²) in [6, 6.07) is 12.7. The van der Waals surface area contributed by atoms with Gasteiger partial charge in [-0.25, -0.2) is 4.39 Å². The second-order valence-electron chi connectivity index (χ2n) is 4.94. The van der Waals surface area contributed by atoms with Crippen molar-refractivity contribution in [3.05, 3.63) is 65.2 Å². The summed E-state index contributed by atoms with van der Waals surface area (Å²) in [4.78, 5) is 6.54. The minimum Gasteiger partial charge on any atom is -0.325 e. The Bertz CT molecular complexity index is 571. The van der Waals surface area contributed by atoms with Gasteiger partial charge in [0, 0.05) is 24.7 Å². The van der Waals surface area contributed by atoms with Gasteiger partial charge in [0.15, 0.2) is 0 Å². The van der Waals surface area contributed by atoms with Crippen molar-refractivity contribution in [1.29, 1.82) is 0 Å². The second kappa shape index (κ2) is 6.59. The lowest BCUT2D eigenvalue weighted by molar-refractivity contribution is 0.245. The number of nitrogens with zero attached hydrogens (tertiary/aromatic N) is 2. The van der Waals surface area contributed by atoms with Gasteiger partial charge >= 0.3 is 0 Å². The van der Waals surface area contributed by atoms with Gasteiger partial charge in [-0.1, -0.05) is 24.3 Å². The summed E-state index contributed by atoms with van der Waals surface area (Å²) in [6.45, 7) is 3.08. The minimum absolute atomic E-state index is 0.0143. The smallest absolute Gasteiger partial charge is 0.127 e. The van der Waals surface area contributed by atoms with Gasteiger partial charge in [-0.05, 0) is 32.2 Å². The molecule has 0 bridgehead atoms. The van der Waals surface area contributed by atoms with E-state index >= 15 is 0 Å². The van der Waals surface area contributed by atoms with Crippen molar-refractivity contribution in [2.24, 2.45) is 5.73 Å². The largest absolute Gasteiger partial charge is 0.325 e. The molecule has 20 heavy (non-hydrogen) atoms. The van der Waals surface area contributed by atoms with Crippen molar-refractivity contribution in [3.63, 3.8) is 0 Å². The van der Waals surface area contributed by atoms with Crippen LogP contribution in [0.15, 0.2) is 42.5 Å². The van der Waals surface area contributed by atoms with Gasteiger partial charge in [-0.3, -0.25) is 9.88 Å². The summed E-state index contributed by atoms with van der Waals surface area (Å²) in [5, 5.41) is 0. The van der Waals surface area contributed by atoms with E-state index in [4.69, 9.17) is 5.73 Å². The number of pyridine rings is 1. The highest BCUT2D eigenvalue weighted by Crippen LogP contribution is 2.22. The molecule has 1 aromatic carbocycles. The van der Waals surface area contributed by atoms with Crippen LogP contribution in [0.5, 0.6) is 0 Å². The predicted octanol–water partition coefficient (Wildman–Crippen LogP) is 2.87. The van der Waals surface area contributed by atoms with Crippen molar-refractivity contribution in [2.45, 2.75) is 26.1 Å². The molecule has 0 aliphatic heterocycles. The number of benzene rings is 1. The van der Waals surface area contributed by atoms with Crippen molar-refractivity contribution >= 4 is 0 Å². The molecule has 4 heteroatoms. The second-order valence-corrected chi connectivity index (χ2v) is 4.94. The molecule has 0 saturated carbocycles. The monoisotopic (exact) mass is 273 g/mol. The van der Waals surface area contributed by atoms with Crippen LogP contribution in [-0.2, 0) is 13.1 Å². The van der Waals surface area contributed by atoms with Crippen LogP contribution in [0.25, 0.3) is 0 Å². The van der Waals surface area contributed by atoms with Crippen LogP contribution in [-0.4, -0.2) is 16.9 Å². The van der Waals surface area contributed by atoms with E-state index in [1.54, 1.807) is 6.07 Å². The topological polar surface area (TPSA) is 42.1 Å². The number of aromatic nitrogens is 1. The lowest BCUT2D eigenvalue weighted by Crippen LogP contribution is -2.23. The number of hydrogen-bond donors (Lipinski definition) is 1. The summed E-state index contributed by atoms with van der Waals surface area (Å²) in [6.07, 6.45) is 0. The molecule has 106 valence electrons. The highest BCUT2D eigenvalue weighted by molar-refractivity contribution is 5.21. The average Bonchev–Trinajstić information content (AvgIpc) is 2.47. The van der Waals surface area contributed by atoms with E-state index in [0.717, 1.165) is 11.4 Å². The van der Waals surface area contributed by atoms with E-state index in [2.05, 4.69) is 9.88 Å². The Morgan fingerprint density at radius 2 is 1.85 bits per heavy atom. The van der Waals surface area contributed by atoms with Gasteiger partial charge in [0.2, 0.25) is 0 Å². The van der Waals surface area contributed by atoms with E-state index in [-0.39, 0.29) is 11.9 Å². The van der Waals surface area contributed by atoms with Crippen LogP contribution in [0, 0.1) is 5.82 Å². The highest BCUT2D eigenvalue weighted by Gasteiger charge is 2.15. The quantitative estimate of drug-likeness (QED) is 0.911. The molecule has 3 nitrogen and oxygen atoms in total. The normalized spacial score (nSPS) is 12.7. The van der Waals surface area contributed by atoms with Crippen molar-refractivity contribution in [2.75, 3.05) is 7.05 Å². The van der Waals surface area contributed by atoms with Gasteiger partial charge in [0.25, 0.3) is 0 Å². The van der Waals surface area contributed by atoms with Crippen molar-refractivity contribution < 1.29 is 4.39 Å². The van der Waals surface area contributed by atoms with E-state index in [9.17, 15) is 4.39 Å². The maximum atomic E-state index is 13.8. The molecule has 0 aliphatic rings. The molecule has 0 saturated heterocycles. The van der Waals surface area contributed by atoms with Gasteiger partial charge in [-0.15, -0.1) is 0 Å². The Labute approximate surface area is 119 Å². The molecule has 0 amide bonds. The molecule has 0 spiro atoms. The Morgan fingerprint density at radius 1 is 1.15 bits per heavy atom. The lowest BCUT2D eigenvalue weighted by atomic mass is 10.1. The first kappa shape index (κ1) is 14.6. The Kier molecular flexibility index (Phi) is 4.82. The lowest BCUT2D eigenvalue weighted by Gasteiger charge is -2.25. The fourth-order valence-electron chi connectivity index (χ4n) is 2.17. The Balaban J connectivity index is 2.11. The number of nitrogens with two attached hydrogens (primary N) is 1. The zero-order valence-electron chi connectivity index (χ0n) is 11.9. The first-order valence-corrected chi connectivity index (χ1v) is 6.71. The third kappa shape index (κ3) is 3.40. The molecule has 1 heterocycles. The van der Waals surface area contributed by atoms with Gasteiger partial charge < -0.3 is 5.73 Å². The molecule has 1 atom stereocenters. The molecule has 1 aromatic heterocycles. The third-order valence-electron chi connectivity index (χ3n) is 3.50. The fraction of sp³-hybridized carbons (Fsp3) is 0.312. The van der Waals surface area contributed by atoms with Gasteiger partial charge in [0.05, 0.1) is 11.4 Å². The van der Waals surface area contributed by atoms with Crippen molar-refractivity contribution in [3.8, 4) is 0 Å². The van der Waals surface area contributed by atoms with Crippen LogP contribution in [0.2, 0.25) is 0 Å². The van der Waals surface area contributed by atoms with Crippen molar-refractivity contribution in [1.82, 2.24) is 9.88 Å². The number of rotatable bonds is 5. The fourth-order valence-corrected chi connectivity index (χ4v) is 2.17. The zero-order chi connectivity index (χ0) is 14.5. The molecule has 2 N–H and O–H groups in total. The summed E-state index contributed by atoms with van der Waals surface area (Å²) in [5.41, 5.74) is 8.11. The molecule has 1 unspecified atom stereocenters. The highest BCUT2D eigenvalue weighted by atomic mass is 19.1. The SMILES string of the molecule is CC(c1ccccc1F)N(C)Cc1cccc(CN)n1. The number of halogens is 1. The number of hydrogen-bond acceptors (Lipinski definition) is 3. The van der Waals surface area contributed by atoms with Crippen LogP contribution < -0.4 is 5.73 Å². The van der Waals surface area contributed by atoms with E-state index in [1.165, 1.54) is 6.07 Å². The average molecular weight is 273 g/mol. The minimum atomic E-state index is -0.171. The molecule has 2 rings (SSSR count). The third-order valence-corrected chi connectivity index (χ3v) is 3.50. The summed E-state index contributed by atoms with van der Waals surface area (Å²) < 4.78 is 13.8. The van der Waals surface area contributed by atoms with Gasteiger partial charge in [-0.2, -0.15) is 0 Å². The van der Waals surface area contributed by atoms with Crippen LogP contribution in [0.3, 0.4) is 0 Å². The van der Waals surface area contributed by atoms with Crippen LogP contribution in [0.4, 0.5) is 4.39 Å². The van der Waals surface area contributed by atoms with Crippen LogP contribution in [0.1, 0.15) is 29.9 Å². The molecule has 0 radical (unpaired) electrons. The summed E-state index contributed by atoms with van der Waals surface area (Å²) >= 11 is 0. The molecule has 0 aliphatic carbocycles. The standard InChI is InChI=1S/C16H20FN3/c1-12(15-8-3-4-9-16(15)17)20(2)11-14-7-5-6-13(10-18)19-14/h3-9,12H,10-11,18H2,1-2H3. The maximum Gasteiger partial charge on any atom is 0.127 e. The van der Waals surface area contributed by atoms with E-state index in [0.29, 0.717) is 18.7 Å². The Hall–Kier alpha value is -1.78. The first-order chi connectivity index (χ1) is 9.61. The van der Waals surface area contributed by atoms with E-state index < -0.39 is 0 Å². The zero-order valence-corrected chi connectivity index (χ0v) is 11.9. The molecule has 2 aromatic rings. The summed E-state index contributed by atoms with van der Waals surface area (Å²) in [5.74, 6) is -0.171. The summed E-state index contributed by atoms with van der Waals surface area (Å²) in [7, 11) is 1.97. The van der Waals surface area contributed by atoms with E-state index in [1.807, 2.05) is 44.3 Å². The molecular formula is C16H20FN3. The first-order valence-electron chi connectivity index (χ1n) is 6.71. The maximum absolute atomic E-state index is 13.8. The molecule has 0 fully saturated rings. The molecular weight excluding hydrogens is 253 g/mol. The van der Waals surface area contributed by atoms with Gasteiger partial charge in [0.1, 0.15) is 5.82 Å². The van der Waals surface area contributed by atoms with Crippen LogP contribution >= 0.6 is 0 Å².